The molecule has 37 heavy (non-hydrogen) atoms. The number of carbonyl (C=O) groups is 2. The highest BCUT2D eigenvalue weighted by Crippen LogP contribution is 2.41. The normalized spacial score (nSPS) is 17.2. The SMILES string of the molecule is CCOc1ccc(/C(O)=C2/C(=O)C(=O)N(Cc3cccc(OC)c3)C2c2ccncc2)cc1C(C)(C)C. The van der Waals surface area contributed by atoms with Crippen LogP contribution in [0.25, 0.3) is 5.76 Å². The van der Waals surface area contributed by atoms with Crippen molar-refractivity contribution in [1.29, 1.82) is 0 Å². The number of aliphatic hydroxyl groups excluding tert-OH is 1. The molecule has 1 fully saturated rings. The topological polar surface area (TPSA) is 89.0 Å². The smallest absolute Gasteiger partial charge is 0.295 e. The Kier molecular flexibility index (Phi) is 7.34. The molecule has 4 rings (SSSR count). The predicted molar refractivity (Wildman–Crippen MR) is 141 cm³/mol. The van der Waals surface area contributed by atoms with E-state index in [2.05, 4.69) is 25.8 Å². The minimum atomic E-state index is -0.779. The first-order valence-corrected chi connectivity index (χ1v) is 12.2. The molecule has 3 aromatic rings. The molecule has 0 aliphatic carbocycles. The summed E-state index contributed by atoms with van der Waals surface area (Å²) < 4.78 is 11.1. The van der Waals surface area contributed by atoms with E-state index >= 15 is 0 Å². The van der Waals surface area contributed by atoms with E-state index in [1.54, 1.807) is 43.8 Å². The fraction of sp³-hybridized carbons (Fsp3) is 0.300. The standard InChI is InChI=1S/C30H32N2O5/c1-6-37-24-11-10-21(17-23(24)30(2,3)4)27(33)25-26(20-12-14-31-15-13-20)32(29(35)28(25)34)18-19-8-7-9-22(16-19)36-5/h7-17,26,33H,6,18H2,1-5H3/b27-25-. The van der Waals surface area contributed by atoms with Crippen molar-refractivity contribution < 1.29 is 24.2 Å². The van der Waals surface area contributed by atoms with Gasteiger partial charge in [-0.3, -0.25) is 14.6 Å². The molecule has 2 aromatic carbocycles. The first-order valence-electron chi connectivity index (χ1n) is 12.2. The molecule has 0 bridgehead atoms. The molecule has 192 valence electrons. The van der Waals surface area contributed by atoms with Gasteiger partial charge in [0, 0.05) is 30.1 Å². The zero-order valence-electron chi connectivity index (χ0n) is 21.8. The lowest BCUT2D eigenvalue weighted by molar-refractivity contribution is -0.140. The molecule has 2 heterocycles. The summed E-state index contributed by atoms with van der Waals surface area (Å²) in [6, 6.07) is 15.4. The number of hydrogen-bond acceptors (Lipinski definition) is 6. The van der Waals surface area contributed by atoms with Crippen LogP contribution in [0.4, 0.5) is 0 Å². The van der Waals surface area contributed by atoms with Crippen LogP contribution in [0.15, 0.2) is 72.6 Å². The number of aromatic nitrogens is 1. The molecular weight excluding hydrogens is 468 g/mol. The van der Waals surface area contributed by atoms with E-state index in [1.165, 1.54) is 4.90 Å². The zero-order chi connectivity index (χ0) is 26.7. The third kappa shape index (κ3) is 5.21. The van der Waals surface area contributed by atoms with Crippen molar-refractivity contribution in [1.82, 2.24) is 9.88 Å². The van der Waals surface area contributed by atoms with E-state index < -0.39 is 17.7 Å². The van der Waals surface area contributed by atoms with Gasteiger partial charge in [0.05, 0.1) is 25.3 Å². The Morgan fingerprint density at radius 1 is 1.05 bits per heavy atom. The summed E-state index contributed by atoms with van der Waals surface area (Å²) in [6.07, 6.45) is 3.21. The molecule has 0 saturated carbocycles. The third-order valence-corrected chi connectivity index (χ3v) is 6.41. The first kappa shape index (κ1) is 25.9. The van der Waals surface area contributed by atoms with Crippen molar-refractivity contribution in [2.24, 2.45) is 0 Å². The number of benzene rings is 2. The number of aliphatic hydroxyl groups is 1. The number of rotatable bonds is 7. The Morgan fingerprint density at radius 3 is 2.43 bits per heavy atom. The van der Waals surface area contributed by atoms with E-state index in [9.17, 15) is 14.7 Å². The number of ketones is 1. The van der Waals surface area contributed by atoms with Crippen LogP contribution in [0.5, 0.6) is 11.5 Å². The molecule has 1 amide bonds. The first-order chi connectivity index (χ1) is 17.7. The molecular formula is C30H32N2O5. The Hall–Kier alpha value is -4.13. The van der Waals surface area contributed by atoms with E-state index in [-0.39, 0.29) is 23.3 Å². The lowest BCUT2D eigenvalue weighted by atomic mass is 9.84. The number of hydrogen-bond donors (Lipinski definition) is 1. The molecule has 1 aromatic heterocycles. The minimum absolute atomic E-state index is 0.0446. The number of nitrogens with zero attached hydrogens (tertiary/aromatic N) is 2. The Labute approximate surface area is 217 Å². The number of carbonyl (C=O) groups excluding carboxylic acids is 2. The van der Waals surface area contributed by atoms with Crippen LogP contribution in [0.3, 0.4) is 0 Å². The summed E-state index contributed by atoms with van der Waals surface area (Å²) >= 11 is 0. The van der Waals surface area contributed by atoms with Gasteiger partial charge in [-0.2, -0.15) is 0 Å². The molecule has 1 saturated heterocycles. The summed E-state index contributed by atoms with van der Waals surface area (Å²) in [5.41, 5.74) is 2.60. The second-order valence-electron chi connectivity index (χ2n) is 9.95. The van der Waals surface area contributed by atoms with Gasteiger partial charge in [-0.05, 0) is 65.9 Å². The van der Waals surface area contributed by atoms with Gasteiger partial charge in [0.25, 0.3) is 11.7 Å². The van der Waals surface area contributed by atoms with Crippen LogP contribution in [-0.2, 0) is 21.5 Å². The van der Waals surface area contributed by atoms with Crippen LogP contribution in [0, 0.1) is 0 Å². The second-order valence-corrected chi connectivity index (χ2v) is 9.95. The largest absolute Gasteiger partial charge is 0.507 e. The number of pyridine rings is 1. The summed E-state index contributed by atoms with van der Waals surface area (Å²) in [4.78, 5) is 32.3. The molecule has 1 aliphatic rings. The van der Waals surface area contributed by atoms with E-state index in [0.29, 0.717) is 23.5 Å². The highest BCUT2D eigenvalue weighted by atomic mass is 16.5. The number of Topliss-reactive ketones (excluding diaryl/α,β-unsaturated/α-hetero) is 1. The highest BCUT2D eigenvalue weighted by molar-refractivity contribution is 6.46. The van der Waals surface area contributed by atoms with Crippen molar-refractivity contribution in [3.8, 4) is 11.5 Å². The summed E-state index contributed by atoms with van der Waals surface area (Å²) in [5.74, 6) is -0.252. The number of amides is 1. The molecule has 7 heteroatoms. The molecule has 1 aliphatic heterocycles. The number of likely N-dealkylation sites (tertiary alicyclic amines) is 1. The van der Waals surface area contributed by atoms with Crippen LogP contribution >= 0.6 is 0 Å². The van der Waals surface area contributed by atoms with Crippen molar-refractivity contribution in [2.75, 3.05) is 13.7 Å². The lowest BCUT2D eigenvalue weighted by Gasteiger charge is -2.26. The Bertz CT molecular complexity index is 1340. The molecule has 0 radical (unpaired) electrons. The van der Waals surface area contributed by atoms with E-state index in [0.717, 1.165) is 16.9 Å². The highest BCUT2D eigenvalue weighted by Gasteiger charge is 2.46. The molecule has 1 N–H and O–H groups in total. The summed E-state index contributed by atoms with van der Waals surface area (Å²) in [5, 5.41) is 11.5. The fourth-order valence-electron chi connectivity index (χ4n) is 4.60. The van der Waals surface area contributed by atoms with Crippen molar-refractivity contribution in [3.05, 3.63) is 94.8 Å². The van der Waals surface area contributed by atoms with Gasteiger partial charge in [-0.1, -0.05) is 32.9 Å². The van der Waals surface area contributed by atoms with Crippen LogP contribution < -0.4 is 9.47 Å². The average Bonchev–Trinajstić information content (AvgIpc) is 3.13. The molecule has 7 nitrogen and oxygen atoms in total. The average molecular weight is 501 g/mol. The third-order valence-electron chi connectivity index (χ3n) is 6.41. The van der Waals surface area contributed by atoms with Crippen molar-refractivity contribution in [3.63, 3.8) is 0 Å². The van der Waals surface area contributed by atoms with Crippen LogP contribution in [0.2, 0.25) is 0 Å². The zero-order valence-corrected chi connectivity index (χ0v) is 21.8. The summed E-state index contributed by atoms with van der Waals surface area (Å²) in [6.45, 7) is 8.75. The number of methoxy groups -OCH3 is 1. The Balaban J connectivity index is 1.86. The maximum Gasteiger partial charge on any atom is 0.295 e. The number of ether oxygens (including phenoxy) is 2. The quantitative estimate of drug-likeness (QED) is 0.265. The van der Waals surface area contributed by atoms with Crippen LogP contribution in [0.1, 0.15) is 56.0 Å². The van der Waals surface area contributed by atoms with Crippen LogP contribution in [-0.4, -0.2) is 40.4 Å². The monoisotopic (exact) mass is 500 g/mol. The van der Waals surface area contributed by atoms with Gasteiger partial charge in [0.1, 0.15) is 17.3 Å². The maximum absolute atomic E-state index is 13.4. The van der Waals surface area contributed by atoms with Gasteiger partial charge >= 0.3 is 0 Å². The molecule has 1 unspecified atom stereocenters. The maximum atomic E-state index is 13.4. The van der Waals surface area contributed by atoms with Gasteiger partial charge in [0.15, 0.2) is 0 Å². The molecule has 1 atom stereocenters. The minimum Gasteiger partial charge on any atom is -0.507 e. The molecule has 0 spiro atoms. The predicted octanol–water partition coefficient (Wildman–Crippen LogP) is 5.41. The van der Waals surface area contributed by atoms with Gasteiger partial charge < -0.3 is 19.5 Å². The van der Waals surface area contributed by atoms with E-state index in [1.807, 2.05) is 37.3 Å². The fourth-order valence-corrected chi connectivity index (χ4v) is 4.60. The van der Waals surface area contributed by atoms with Gasteiger partial charge in [0.2, 0.25) is 0 Å². The second kappa shape index (κ2) is 10.5. The lowest BCUT2D eigenvalue weighted by Crippen LogP contribution is -2.29. The van der Waals surface area contributed by atoms with Gasteiger partial charge in [-0.15, -0.1) is 0 Å². The summed E-state index contributed by atoms with van der Waals surface area (Å²) in [7, 11) is 1.57. The van der Waals surface area contributed by atoms with Crippen molar-refractivity contribution in [2.45, 2.75) is 45.7 Å². The van der Waals surface area contributed by atoms with E-state index in [4.69, 9.17) is 9.47 Å². The van der Waals surface area contributed by atoms with Gasteiger partial charge in [-0.25, -0.2) is 0 Å². The Morgan fingerprint density at radius 2 is 1.78 bits per heavy atom. The van der Waals surface area contributed by atoms with Crippen molar-refractivity contribution >= 4 is 17.4 Å².